The van der Waals surface area contributed by atoms with E-state index in [4.69, 9.17) is 20.9 Å². The molecule has 4 nitrogen and oxygen atoms in total. The standard InChI is InChI=1S/C12H11ClN2O2/c13-9-5-2-1-4-8(9)11-14-12(17-15-11)10-6-3-7-16-10/h1-2,4-5,10H,3,6-7H2/t10-/m0/s1. The van der Waals surface area contributed by atoms with Gasteiger partial charge in [-0.3, -0.25) is 0 Å². The van der Waals surface area contributed by atoms with Gasteiger partial charge in [-0.15, -0.1) is 0 Å². The van der Waals surface area contributed by atoms with Crippen LogP contribution in [0.15, 0.2) is 28.8 Å². The minimum Gasteiger partial charge on any atom is -0.368 e. The molecular formula is C12H11ClN2O2. The summed E-state index contributed by atoms with van der Waals surface area (Å²) in [6.07, 6.45) is 1.91. The predicted octanol–water partition coefficient (Wildman–Crippen LogP) is 3.24. The molecule has 0 spiro atoms. The number of nitrogens with zero attached hydrogens (tertiary/aromatic N) is 2. The van der Waals surface area contributed by atoms with Crippen LogP contribution in [0.4, 0.5) is 0 Å². The molecule has 1 aliphatic heterocycles. The van der Waals surface area contributed by atoms with Crippen molar-refractivity contribution in [3.8, 4) is 11.4 Å². The van der Waals surface area contributed by atoms with Crippen molar-refractivity contribution >= 4 is 11.6 Å². The number of benzene rings is 1. The van der Waals surface area contributed by atoms with Gasteiger partial charge in [-0.25, -0.2) is 0 Å². The molecule has 1 aliphatic rings. The summed E-state index contributed by atoms with van der Waals surface area (Å²) in [5, 5.41) is 4.56. The van der Waals surface area contributed by atoms with Gasteiger partial charge in [0.1, 0.15) is 6.10 Å². The number of ether oxygens (including phenoxy) is 1. The Bertz CT molecular complexity index is 521. The molecule has 1 aromatic heterocycles. The minimum absolute atomic E-state index is 0.0567. The van der Waals surface area contributed by atoms with Gasteiger partial charge < -0.3 is 9.26 Å². The highest BCUT2D eigenvalue weighted by atomic mass is 35.5. The molecular weight excluding hydrogens is 240 g/mol. The molecule has 0 bridgehead atoms. The summed E-state index contributed by atoms with van der Waals surface area (Å²) in [5.41, 5.74) is 0.780. The lowest BCUT2D eigenvalue weighted by Gasteiger charge is -2.00. The maximum Gasteiger partial charge on any atom is 0.256 e. The lowest BCUT2D eigenvalue weighted by molar-refractivity contribution is 0.0835. The second-order valence-corrected chi connectivity index (χ2v) is 4.34. The zero-order valence-corrected chi connectivity index (χ0v) is 9.85. The van der Waals surface area contributed by atoms with E-state index < -0.39 is 0 Å². The van der Waals surface area contributed by atoms with E-state index in [2.05, 4.69) is 10.1 Å². The smallest absolute Gasteiger partial charge is 0.256 e. The number of hydrogen-bond acceptors (Lipinski definition) is 4. The first-order valence-electron chi connectivity index (χ1n) is 5.55. The Morgan fingerprint density at radius 1 is 1.29 bits per heavy atom. The number of rotatable bonds is 2. The van der Waals surface area contributed by atoms with Crippen molar-refractivity contribution < 1.29 is 9.26 Å². The summed E-state index contributed by atoms with van der Waals surface area (Å²) >= 11 is 6.07. The molecule has 5 heteroatoms. The normalized spacial score (nSPS) is 19.7. The molecule has 2 aromatic rings. The van der Waals surface area contributed by atoms with Gasteiger partial charge in [0.2, 0.25) is 5.82 Å². The van der Waals surface area contributed by atoms with E-state index >= 15 is 0 Å². The molecule has 3 rings (SSSR count). The van der Waals surface area contributed by atoms with Gasteiger partial charge in [0.05, 0.1) is 5.02 Å². The number of hydrogen-bond donors (Lipinski definition) is 0. The van der Waals surface area contributed by atoms with Crippen LogP contribution in [0.3, 0.4) is 0 Å². The van der Waals surface area contributed by atoms with E-state index in [1.165, 1.54) is 0 Å². The fourth-order valence-electron chi connectivity index (χ4n) is 1.89. The van der Waals surface area contributed by atoms with Crippen LogP contribution < -0.4 is 0 Å². The van der Waals surface area contributed by atoms with E-state index in [0.717, 1.165) is 25.0 Å². The minimum atomic E-state index is -0.0567. The molecule has 1 aromatic carbocycles. The van der Waals surface area contributed by atoms with Crippen molar-refractivity contribution in [1.29, 1.82) is 0 Å². The van der Waals surface area contributed by atoms with Gasteiger partial charge in [-0.1, -0.05) is 28.9 Å². The van der Waals surface area contributed by atoms with Crippen molar-refractivity contribution in [2.75, 3.05) is 6.61 Å². The lowest BCUT2D eigenvalue weighted by atomic mass is 10.2. The molecule has 2 heterocycles. The second kappa shape index (κ2) is 4.47. The molecule has 1 saturated heterocycles. The topological polar surface area (TPSA) is 48.2 Å². The maximum absolute atomic E-state index is 6.07. The van der Waals surface area contributed by atoms with E-state index in [1.807, 2.05) is 18.2 Å². The summed E-state index contributed by atoms with van der Waals surface area (Å²) in [5.74, 6) is 1.05. The summed E-state index contributed by atoms with van der Waals surface area (Å²) in [6.45, 7) is 0.758. The van der Waals surface area contributed by atoms with Gasteiger partial charge >= 0.3 is 0 Å². The van der Waals surface area contributed by atoms with Crippen LogP contribution >= 0.6 is 11.6 Å². The van der Waals surface area contributed by atoms with Crippen molar-refractivity contribution in [1.82, 2.24) is 10.1 Å². The fraction of sp³-hybridized carbons (Fsp3) is 0.333. The van der Waals surface area contributed by atoms with Crippen molar-refractivity contribution in [2.24, 2.45) is 0 Å². The summed E-state index contributed by atoms with van der Waals surface area (Å²) in [4.78, 5) is 4.34. The fourth-order valence-corrected chi connectivity index (χ4v) is 2.11. The van der Waals surface area contributed by atoms with E-state index in [0.29, 0.717) is 16.7 Å². The molecule has 1 fully saturated rings. The van der Waals surface area contributed by atoms with Gasteiger partial charge in [0.15, 0.2) is 0 Å². The zero-order chi connectivity index (χ0) is 11.7. The van der Waals surface area contributed by atoms with Gasteiger partial charge in [-0.05, 0) is 25.0 Å². The highest BCUT2D eigenvalue weighted by Crippen LogP contribution is 2.30. The zero-order valence-electron chi connectivity index (χ0n) is 9.10. The Labute approximate surface area is 104 Å². The lowest BCUT2D eigenvalue weighted by Crippen LogP contribution is -1.95. The predicted molar refractivity (Wildman–Crippen MR) is 62.7 cm³/mol. The summed E-state index contributed by atoms with van der Waals surface area (Å²) < 4.78 is 10.7. The van der Waals surface area contributed by atoms with Gasteiger partial charge in [0.25, 0.3) is 5.89 Å². The number of aromatic nitrogens is 2. The molecule has 0 unspecified atom stereocenters. The highest BCUT2D eigenvalue weighted by Gasteiger charge is 2.24. The maximum atomic E-state index is 6.07. The summed E-state index contributed by atoms with van der Waals surface area (Å²) in [7, 11) is 0. The van der Waals surface area contributed by atoms with Crippen LogP contribution in [0.2, 0.25) is 5.02 Å². The van der Waals surface area contributed by atoms with Gasteiger partial charge in [0, 0.05) is 12.2 Å². The first-order chi connectivity index (χ1) is 8.34. The van der Waals surface area contributed by atoms with Crippen LogP contribution in [0, 0.1) is 0 Å². The third kappa shape index (κ3) is 2.06. The largest absolute Gasteiger partial charge is 0.368 e. The van der Waals surface area contributed by atoms with E-state index in [9.17, 15) is 0 Å². The third-order valence-corrected chi connectivity index (χ3v) is 3.09. The van der Waals surface area contributed by atoms with E-state index in [1.54, 1.807) is 6.07 Å². The molecule has 88 valence electrons. The Morgan fingerprint density at radius 2 is 2.18 bits per heavy atom. The first kappa shape index (κ1) is 10.7. The first-order valence-corrected chi connectivity index (χ1v) is 5.92. The quantitative estimate of drug-likeness (QED) is 0.821. The van der Waals surface area contributed by atoms with Crippen LogP contribution in [-0.4, -0.2) is 16.7 Å². The van der Waals surface area contributed by atoms with E-state index in [-0.39, 0.29) is 6.10 Å². The van der Waals surface area contributed by atoms with Crippen LogP contribution in [0.25, 0.3) is 11.4 Å². The number of halogens is 1. The average molecular weight is 251 g/mol. The van der Waals surface area contributed by atoms with Crippen molar-refractivity contribution in [3.63, 3.8) is 0 Å². The Balaban J connectivity index is 1.92. The molecule has 0 radical (unpaired) electrons. The summed E-state index contributed by atoms with van der Waals surface area (Å²) in [6, 6.07) is 7.43. The molecule has 0 aliphatic carbocycles. The average Bonchev–Trinajstić information content (AvgIpc) is 3.00. The third-order valence-electron chi connectivity index (χ3n) is 2.76. The highest BCUT2D eigenvalue weighted by molar-refractivity contribution is 6.33. The van der Waals surface area contributed by atoms with Crippen molar-refractivity contribution in [3.05, 3.63) is 35.2 Å². The molecule has 1 atom stereocenters. The SMILES string of the molecule is Clc1ccccc1-c1noc([C@@H]2CCCO2)n1. The molecule has 0 saturated carbocycles. The Hall–Kier alpha value is -1.39. The van der Waals surface area contributed by atoms with Crippen LogP contribution in [-0.2, 0) is 4.74 Å². The molecule has 0 amide bonds. The van der Waals surface area contributed by atoms with Crippen LogP contribution in [0.1, 0.15) is 24.8 Å². The molecule has 17 heavy (non-hydrogen) atoms. The van der Waals surface area contributed by atoms with Gasteiger partial charge in [-0.2, -0.15) is 4.98 Å². The Morgan fingerprint density at radius 3 is 2.94 bits per heavy atom. The Kier molecular flexibility index (Phi) is 2.82. The second-order valence-electron chi connectivity index (χ2n) is 3.94. The molecule has 0 N–H and O–H groups in total. The van der Waals surface area contributed by atoms with Crippen molar-refractivity contribution in [2.45, 2.75) is 18.9 Å². The monoisotopic (exact) mass is 250 g/mol. The van der Waals surface area contributed by atoms with Crippen LogP contribution in [0.5, 0.6) is 0 Å².